The summed E-state index contributed by atoms with van der Waals surface area (Å²) in [5.74, 6) is 1.32. The third-order valence-electron chi connectivity index (χ3n) is 9.72. The summed E-state index contributed by atoms with van der Waals surface area (Å²) in [5.41, 5.74) is 1.02. The summed E-state index contributed by atoms with van der Waals surface area (Å²) in [4.78, 5) is 17.6. The molecule has 2 saturated carbocycles. The zero-order chi connectivity index (χ0) is 25.7. The van der Waals surface area contributed by atoms with Gasteiger partial charge < -0.3 is 25.2 Å². The van der Waals surface area contributed by atoms with Gasteiger partial charge in [-0.3, -0.25) is 4.90 Å². The third kappa shape index (κ3) is 3.30. The number of carbonyl (C=O) groups is 1. The van der Waals surface area contributed by atoms with E-state index < -0.39 is 17.1 Å². The Morgan fingerprint density at radius 3 is 2.76 bits per heavy atom. The molecule has 9 heteroatoms. The molecule has 196 valence electrons. The zero-order valence-corrected chi connectivity index (χ0v) is 22.2. The molecule has 7 rings (SSSR count). The van der Waals surface area contributed by atoms with Crippen LogP contribution < -0.4 is 10.1 Å². The van der Waals surface area contributed by atoms with E-state index in [2.05, 4.69) is 10.2 Å². The number of rotatable bonds is 4. The van der Waals surface area contributed by atoms with Crippen LogP contribution in [-0.4, -0.2) is 70.0 Å². The maximum Gasteiger partial charge on any atom is 0.321 e. The Bertz CT molecular complexity index is 1300. The number of aromatic hydroxyl groups is 1. The smallest absolute Gasteiger partial charge is 0.321 e. The lowest BCUT2D eigenvalue weighted by molar-refractivity contribution is -0.197. The summed E-state index contributed by atoms with van der Waals surface area (Å²) in [6.45, 7) is 1.91. The maximum atomic E-state index is 13.4. The van der Waals surface area contributed by atoms with Crippen molar-refractivity contribution in [2.45, 2.75) is 67.7 Å². The summed E-state index contributed by atoms with van der Waals surface area (Å²) in [7, 11) is 1.77. The third-order valence-corrected chi connectivity index (χ3v) is 10.5. The first-order chi connectivity index (χ1) is 17.7. The number of aliphatic hydroxyl groups is 1. The first-order valence-corrected chi connectivity index (χ1v) is 14.0. The molecule has 2 aliphatic heterocycles. The van der Waals surface area contributed by atoms with Crippen LogP contribution in [0.2, 0.25) is 10.0 Å². The lowest BCUT2D eigenvalue weighted by Gasteiger charge is -2.64. The molecule has 5 aliphatic rings. The number of carbonyl (C=O) groups excluding carboxylic acids is 1. The number of nitrogens with zero attached hydrogens (tertiary/aromatic N) is 2. The number of hydrogen-bond acceptors (Lipinski definition) is 5. The van der Waals surface area contributed by atoms with Crippen LogP contribution >= 0.6 is 23.2 Å². The van der Waals surface area contributed by atoms with Gasteiger partial charge in [-0.05, 0) is 80.8 Å². The summed E-state index contributed by atoms with van der Waals surface area (Å²) in [5, 5.41) is 27.1. The number of phenols is 1. The van der Waals surface area contributed by atoms with Crippen LogP contribution in [-0.2, 0) is 11.8 Å². The van der Waals surface area contributed by atoms with Crippen molar-refractivity contribution in [1.29, 1.82) is 0 Å². The van der Waals surface area contributed by atoms with E-state index in [0.717, 1.165) is 43.0 Å². The number of benzene rings is 2. The highest BCUT2D eigenvalue weighted by atomic mass is 35.5. The molecule has 0 aromatic heterocycles. The van der Waals surface area contributed by atoms with Crippen LogP contribution in [0.15, 0.2) is 30.3 Å². The molecule has 7 nitrogen and oxygen atoms in total. The number of halogens is 2. The monoisotopic (exact) mass is 543 g/mol. The van der Waals surface area contributed by atoms with E-state index in [0.29, 0.717) is 34.3 Å². The van der Waals surface area contributed by atoms with Crippen molar-refractivity contribution >= 4 is 34.9 Å². The van der Waals surface area contributed by atoms with Gasteiger partial charge in [-0.25, -0.2) is 4.79 Å². The van der Waals surface area contributed by atoms with Gasteiger partial charge in [0.2, 0.25) is 0 Å². The quantitative estimate of drug-likeness (QED) is 0.515. The lowest BCUT2D eigenvalue weighted by Crippen LogP contribution is -2.78. The number of ether oxygens (including phenoxy) is 1. The molecule has 3 aliphatic carbocycles. The normalized spacial score (nSPS) is 33.5. The molecule has 2 bridgehead atoms. The molecular weight excluding hydrogens is 513 g/mol. The Hall–Kier alpha value is -2.19. The number of likely N-dealkylation sites (N-methyl/N-ethyl adjacent to an activating group) is 1. The average Bonchev–Trinajstić information content (AvgIpc) is 3.61. The molecule has 1 saturated heterocycles. The van der Waals surface area contributed by atoms with Crippen molar-refractivity contribution < 1.29 is 19.7 Å². The topological polar surface area (TPSA) is 85.3 Å². The van der Waals surface area contributed by atoms with Crippen molar-refractivity contribution in [2.24, 2.45) is 5.92 Å². The summed E-state index contributed by atoms with van der Waals surface area (Å²) >= 11 is 12.2. The lowest BCUT2D eigenvalue weighted by atomic mass is 9.48. The first-order valence-electron chi connectivity index (χ1n) is 13.2. The van der Waals surface area contributed by atoms with Gasteiger partial charge in [0.15, 0.2) is 11.5 Å². The number of hydrogen-bond donors (Lipinski definition) is 3. The Balaban J connectivity index is 1.25. The zero-order valence-electron chi connectivity index (χ0n) is 20.7. The van der Waals surface area contributed by atoms with E-state index in [9.17, 15) is 15.0 Å². The van der Waals surface area contributed by atoms with Gasteiger partial charge in [0, 0.05) is 30.9 Å². The van der Waals surface area contributed by atoms with Crippen molar-refractivity contribution in [3.63, 3.8) is 0 Å². The van der Waals surface area contributed by atoms with Gasteiger partial charge >= 0.3 is 6.03 Å². The van der Waals surface area contributed by atoms with E-state index in [1.165, 1.54) is 12.8 Å². The molecule has 3 N–H and O–H groups in total. The second-order valence-corrected chi connectivity index (χ2v) is 12.4. The van der Waals surface area contributed by atoms with Crippen LogP contribution in [0.5, 0.6) is 11.5 Å². The predicted molar refractivity (Wildman–Crippen MR) is 142 cm³/mol. The largest absolute Gasteiger partial charge is 0.504 e. The van der Waals surface area contributed by atoms with Crippen LogP contribution in [0.3, 0.4) is 0 Å². The number of nitrogens with one attached hydrogen (secondary N) is 1. The van der Waals surface area contributed by atoms with Crippen LogP contribution in [0.1, 0.15) is 43.2 Å². The fraction of sp³-hybridized carbons (Fsp3) is 0.536. The number of phenolic OH excluding ortho intramolecular Hbond substituents is 1. The molecule has 2 heterocycles. The molecule has 2 amide bonds. The van der Waals surface area contributed by atoms with Crippen LogP contribution in [0, 0.1) is 5.92 Å². The molecule has 3 fully saturated rings. The summed E-state index contributed by atoms with van der Waals surface area (Å²) in [6, 6.07) is 8.14. The second kappa shape index (κ2) is 8.15. The number of anilines is 1. The first kappa shape index (κ1) is 23.9. The molecule has 2 aromatic rings. The highest BCUT2D eigenvalue weighted by molar-refractivity contribution is 6.42. The molecule has 0 radical (unpaired) electrons. The Morgan fingerprint density at radius 1 is 1.19 bits per heavy atom. The Kier molecular flexibility index (Phi) is 5.27. The Morgan fingerprint density at radius 2 is 2.00 bits per heavy atom. The molecule has 37 heavy (non-hydrogen) atoms. The van der Waals surface area contributed by atoms with E-state index in [4.69, 9.17) is 27.9 Å². The predicted octanol–water partition coefficient (Wildman–Crippen LogP) is 4.80. The molecule has 2 aromatic carbocycles. The van der Waals surface area contributed by atoms with Crippen LogP contribution in [0.25, 0.3) is 0 Å². The van der Waals surface area contributed by atoms with Crippen molar-refractivity contribution in [2.75, 3.05) is 25.5 Å². The molecule has 5 atom stereocenters. The van der Waals surface area contributed by atoms with Crippen molar-refractivity contribution in [1.82, 2.24) is 9.80 Å². The van der Waals surface area contributed by atoms with E-state index in [1.807, 2.05) is 6.07 Å². The number of likely N-dealkylation sites (tertiary alicyclic amines) is 1. The Labute approximate surface area is 226 Å². The van der Waals surface area contributed by atoms with Gasteiger partial charge in [-0.2, -0.15) is 0 Å². The fourth-order valence-corrected chi connectivity index (χ4v) is 8.09. The van der Waals surface area contributed by atoms with E-state index in [-0.39, 0.29) is 23.9 Å². The van der Waals surface area contributed by atoms with Gasteiger partial charge in [0.25, 0.3) is 0 Å². The van der Waals surface area contributed by atoms with Gasteiger partial charge in [0.05, 0.1) is 27.1 Å². The second-order valence-electron chi connectivity index (χ2n) is 11.6. The van der Waals surface area contributed by atoms with E-state index >= 15 is 0 Å². The highest BCUT2D eigenvalue weighted by Crippen LogP contribution is 2.66. The molecule has 1 spiro atoms. The van der Waals surface area contributed by atoms with Crippen molar-refractivity contribution in [3.05, 3.63) is 51.5 Å². The fourth-order valence-electron chi connectivity index (χ4n) is 7.79. The van der Waals surface area contributed by atoms with Gasteiger partial charge in [0.1, 0.15) is 6.10 Å². The molecule has 0 unspecified atom stereocenters. The standard InChI is InChI=1S/C28H31Cl2N3O4/c1-32(26(35)31-17-5-6-18(29)19(30)13-17)20-8-9-28(36)22-12-16-4-7-21(34)24-23(16)27(28,25(20)37-24)10-11-33(22)14-15-2-3-15/h4-7,13,15,20,22,25,34,36H,2-3,8-12,14H2,1H3,(H,31,35)/t20-,22-,25-,27-,28+/m0/s1. The minimum Gasteiger partial charge on any atom is -0.504 e. The van der Waals surface area contributed by atoms with Gasteiger partial charge in [-0.15, -0.1) is 0 Å². The molecular formula is C28H31Cl2N3O4. The van der Waals surface area contributed by atoms with E-state index in [1.54, 1.807) is 36.2 Å². The number of piperidine rings is 1. The summed E-state index contributed by atoms with van der Waals surface area (Å²) < 4.78 is 6.58. The van der Waals surface area contributed by atoms with Crippen LogP contribution in [0.4, 0.5) is 10.5 Å². The average molecular weight is 544 g/mol. The van der Waals surface area contributed by atoms with Crippen molar-refractivity contribution in [3.8, 4) is 11.5 Å². The number of amides is 2. The maximum absolute atomic E-state index is 13.4. The highest BCUT2D eigenvalue weighted by Gasteiger charge is 2.73. The SMILES string of the molecule is CN(C(=O)Nc1ccc(Cl)c(Cl)c1)[C@H]1CC[C@@]2(O)[C@@H]3Cc4ccc(O)c5c4[C@@]2(CCN3CC2CC2)[C@H]1O5. The van der Waals surface area contributed by atoms with Gasteiger partial charge in [-0.1, -0.05) is 29.3 Å². The summed E-state index contributed by atoms with van der Waals surface area (Å²) in [6.07, 6.45) is 4.75. The minimum absolute atomic E-state index is 0.00670. The number of urea groups is 1. The minimum atomic E-state index is -0.978.